The minimum absolute atomic E-state index is 0.142. The quantitative estimate of drug-likeness (QED) is 0.698. The zero-order valence-electron chi connectivity index (χ0n) is 7.40. The van der Waals surface area contributed by atoms with Crippen LogP contribution in [0.3, 0.4) is 0 Å². The summed E-state index contributed by atoms with van der Waals surface area (Å²) in [5, 5.41) is -0.142. The molecule has 3 nitrogen and oxygen atoms in total. The van der Waals surface area contributed by atoms with E-state index in [9.17, 15) is 9.59 Å². The fourth-order valence-electron chi connectivity index (χ4n) is 1.47. The van der Waals surface area contributed by atoms with E-state index < -0.39 is 11.8 Å². The molecular formula is C10H9NO2S. The lowest BCUT2D eigenvalue weighted by Gasteiger charge is -2.19. The van der Waals surface area contributed by atoms with Gasteiger partial charge in [-0.05, 0) is 18.1 Å². The number of hydrogen-bond donors (Lipinski definition) is 1. The molecule has 1 amide bonds. The third-order valence-electron chi connectivity index (χ3n) is 2.24. The first kappa shape index (κ1) is 9.27. The number of amides is 1. The van der Waals surface area contributed by atoms with E-state index in [0.29, 0.717) is 6.42 Å². The number of hydrogen-bond acceptors (Lipinski definition) is 3. The first-order valence-electron chi connectivity index (χ1n) is 4.27. The van der Waals surface area contributed by atoms with Crippen molar-refractivity contribution >= 4 is 22.8 Å². The van der Waals surface area contributed by atoms with E-state index >= 15 is 0 Å². The van der Waals surface area contributed by atoms with Gasteiger partial charge in [0.1, 0.15) is 5.92 Å². The van der Waals surface area contributed by atoms with E-state index in [1.165, 1.54) is 0 Å². The highest BCUT2D eigenvalue weighted by Crippen LogP contribution is 2.33. The van der Waals surface area contributed by atoms with Gasteiger partial charge in [0.2, 0.25) is 11.0 Å². The van der Waals surface area contributed by atoms with Crippen LogP contribution < -0.4 is 5.73 Å². The minimum Gasteiger partial charge on any atom is -0.369 e. The Balaban J connectivity index is 2.36. The van der Waals surface area contributed by atoms with E-state index in [4.69, 9.17) is 5.73 Å². The zero-order valence-corrected chi connectivity index (χ0v) is 8.21. The van der Waals surface area contributed by atoms with Gasteiger partial charge in [0.05, 0.1) is 0 Å². The summed E-state index contributed by atoms with van der Waals surface area (Å²) in [5.74, 6) is -1.19. The molecule has 1 aromatic rings. The highest BCUT2D eigenvalue weighted by Gasteiger charge is 2.30. The smallest absolute Gasteiger partial charge is 0.229 e. The van der Waals surface area contributed by atoms with Crippen LogP contribution in [0, 0.1) is 5.92 Å². The second-order valence-corrected chi connectivity index (χ2v) is 4.23. The van der Waals surface area contributed by atoms with Crippen LogP contribution in [0.2, 0.25) is 0 Å². The Morgan fingerprint density at radius 2 is 2.14 bits per heavy atom. The summed E-state index contributed by atoms with van der Waals surface area (Å²) in [6, 6.07) is 7.58. The standard InChI is InChI=1S/C10H9NO2S/c11-9(12)7-5-6-3-1-2-4-8(6)14-10(7)13/h1-4,7H,5H2,(H2,11,12). The lowest BCUT2D eigenvalue weighted by Crippen LogP contribution is -2.32. The van der Waals surface area contributed by atoms with E-state index in [1.54, 1.807) is 0 Å². The van der Waals surface area contributed by atoms with Crippen molar-refractivity contribution in [3.8, 4) is 0 Å². The molecule has 1 aliphatic rings. The van der Waals surface area contributed by atoms with Crippen molar-refractivity contribution < 1.29 is 9.59 Å². The Bertz CT molecular complexity index is 403. The van der Waals surface area contributed by atoms with Crippen LogP contribution in [0.5, 0.6) is 0 Å². The van der Waals surface area contributed by atoms with Crippen LogP contribution in [0.1, 0.15) is 5.56 Å². The SMILES string of the molecule is NC(=O)C1Cc2ccccc2SC1=O. The average Bonchev–Trinajstić information content (AvgIpc) is 2.16. The molecule has 0 spiro atoms. The Hall–Kier alpha value is -1.29. The van der Waals surface area contributed by atoms with Gasteiger partial charge >= 0.3 is 0 Å². The van der Waals surface area contributed by atoms with Crippen molar-refractivity contribution in [2.45, 2.75) is 11.3 Å². The normalized spacial score (nSPS) is 20.3. The summed E-state index contributed by atoms with van der Waals surface area (Å²) in [4.78, 5) is 23.4. The average molecular weight is 207 g/mol. The first-order chi connectivity index (χ1) is 6.68. The van der Waals surface area contributed by atoms with Gasteiger partial charge in [-0.3, -0.25) is 9.59 Å². The predicted molar refractivity (Wildman–Crippen MR) is 53.7 cm³/mol. The maximum atomic E-state index is 11.5. The van der Waals surface area contributed by atoms with Gasteiger partial charge < -0.3 is 5.73 Å². The number of primary amides is 1. The molecule has 0 aliphatic carbocycles. The molecule has 0 bridgehead atoms. The van der Waals surface area contributed by atoms with Crippen LogP contribution in [0.4, 0.5) is 0 Å². The number of carbonyl (C=O) groups is 2. The van der Waals surface area contributed by atoms with E-state index in [0.717, 1.165) is 22.2 Å². The Kier molecular flexibility index (Phi) is 2.29. The second-order valence-electron chi connectivity index (χ2n) is 3.19. The molecule has 0 saturated carbocycles. The number of carbonyl (C=O) groups excluding carboxylic acids is 2. The molecule has 4 heteroatoms. The van der Waals surface area contributed by atoms with Crippen LogP contribution in [-0.4, -0.2) is 11.0 Å². The maximum absolute atomic E-state index is 11.5. The molecule has 1 unspecified atom stereocenters. The Labute approximate surface area is 85.7 Å². The van der Waals surface area contributed by atoms with Gasteiger partial charge in [-0.2, -0.15) is 0 Å². The van der Waals surface area contributed by atoms with Crippen molar-refractivity contribution in [3.05, 3.63) is 29.8 Å². The monoisotopic (exact) mass is 207 g/mol. The Morgan fingerprint density at radius 3 is 2.86 bits per heavy atom. The third kappa shape index (κ3) is 1.53. The summed E-state index contributed by atoms with van der Waals surface area (Å²) < 4.78 is 0. The lowest BCUT2D eigenvalue weighted by atomic mass is 9.99. The molecule has 2 rings (SSSR count). The molecule has 14 heavy (non-hydrogen) atoms. The number of fused-ring (bicyclic) bond motifs is 1. The first-order valence-corrected chi connectivity index (χ1v) is 5.09. The Morgan fingerprint density at radius 1 is 1.43 bits per heavy atom. The third-order valence-corrected chi connectivity index (χ3v) is 3.34. The zero-order chi connectivity index (χ0) is 10.1. The number of thioether (sulfide) groups is 1. The molecule has 0 saturated heterocycles. The molecule has 1 atom stereocenters. The summed E-state index contributed by atoms with van der Waals surface area (Å²) >= 11 is 1.11. The molecule has 1 heterocycles. The van der Waals surface area contributed by atoms with Gasteiger partial charge in [0.15, 0.2) is 0 Å². The molecule has 0 aromatic heterocycles. The molecule has 0 radical (unpaired) electrons. The minimum atomic E-state index is -0.658. The van der Waals surface area contributed by atoms with Crippen LogP contribution in [0.15, 0.2) is 29.2 Å². The summed E-state index contributed by atoms with van der Waals surface area (Å²) in [7, 11) is 0. The van der Waals surface area contributed by atoms with Gasteiger partial charge in [-0.25, -0.2) is 0 Å². The molecule has 72 valence electrons. The molecule has 0 fully saturated rings. The summed E-state index contributed by atoms with van der Waals surface area (Å²) in [6.07, 6.45) is 0.442. The van der Waals surface area contributed by atoms with E-state index in [-0.39, 0.29) is 5.12 Å². The van der Waals surface area contributed by atoms with Crippen molar-refractivity contribution in [1.29, 1.82) is 0 Å². The van der Waals surface area contributed by atoms with E-state index in [2.05, 4.69) is 0 Å². The number of benzene rings is 1. The van der Waals surface area contributed by atoms with Crippen molar-refractivity contribution in [2.24, 2.45) is 11.7 Å². The molecule has 1 aliphatic heterocycles. The molecule has 2 N–H and O–H groups in total. The molecular weight excluding hydrogens is 198 g/mol. The molecule has 1 aromatic carbocycles. The van der Waals surface area contributed by atoms with Crippen LogP contribution in [0.25, 0.3) is 0 Å². The lowest BCUT2D eigenvalue weighted by molar-refractivity contribution is -0.127. The van der Waals surface area contributed by atoms with Crippen molar-refractivity contribution in [2.75, 3.05) is 0 Å². The van der Waals surface area contributed by atoms with Crippen LogP contribution >= 0.6 is 11.8 Å². The number of rotatable bonds is 1. The van der Waals surface area contributed by atoms with Crippen molar-refractivity contribution in [3.63, 3.8) is 0 Å². The van der Waals surface area contributed by atoms with E-state index in [1.807, 2.05) is 24.3 Å². The second kappa shape index (κ2) is 3.46. The van der Waals surface area contributed by atoms with Crippen molar-refractivity contribution in [1.82, 2.24) is 0 Å². The highest BCUT2D eigenvalue weighted by atomic mass is 32.2. The fraction of sp³-hybridized carbons (Fsp3) is 0.200. The van der Waals surface area contributed by atoms with Crippen LogP contribution in [-0.2, 0) is 16.0 Å². The number of nitrogens with two attached hydrogens (primary N) is 1. The van der Waals surface area contributed by atoms with Gasteiger partial charge in [-0.15, -0.1) is 0 Å². The van der Waals surface area contributed by atoms with Gasteiger partial charge in [0, 0.05) is 4.90 Å². The predicted octanol–water partition coefficient (Wildman–Crippen LogP) is 0.963. The topological polar surface area (TPSA) is 60.2 Å². The summed E-state index contributed by atoms with van der Waals surface area (Å²) in [5.41, 5.74) is 6.17. The largest absolute Gasteiger partial charge is 0.369 e. The van der Waals surface area contributed by atoms with Gasteiger partial charge in [-0.1, -0.05) is 30.0 Å². The van der Waals surface area contributed by atoms with Gasteiger partial charge in [0.25, 0.3) is 0 Å². The highest BCUT2D eigenvalue weighted by molar-refractivity contribution is 8.13. The summed E-state index contributed by atoms with van der Waals surface area (Å²) in [6.45, 7) is 0. The maximum Gasteiger partial charge on any atom is 0.229 e. The fourth-order valence-corrected chi connectivity index (χ4v) is 2.46.